The number of hydrogen-bond acceptors (Lipinski definition) is 6. The maximum absolute atomic E-state index is 12.3. The average Bonchev–Trinajstić information content (AvgIpc) is 3.06. The lowest BCUT2D eigenvalue weighted by Gasteiger charge is -2.10. The molecule has 0 saturated carbocycles. The molecule has 160 valence electrons. The Bertz CT molecular complexity index is 1230. The van der Waals surface area contributed by atoms with Crippen LogP contribution in [0.25, 0.3) is 22.5 Å². The zero-order valence-corrected chi connectivity index (χ0v) is 18.0. The van der Waals surface area contributed by atoms with Crippen LogP contribution in [0.3, 0.4) is 0 Å². The summed E-state index contributed by atoms with van der Waals surface area (Å²) in [5.41, 5.74) is 4.32. The van der Waals surface area contributed by atoms with E-state index < -0.39 is 0 Å². The number of rotatable bonds is 8. The van der Waals surface area contributed by atoms with Crippen molar-refractivity contribution in [2.75, 3.05) is 27.2 Å². The Morgan fingerprint density at radius 2 is 1.90 bits per heavy atom. The Kier molecular flexibility index (Phi) is 6.13. The van der Waals surface area contributed by atoms with Crippen LogP contribution in [0.15, 0.2) is 64.1 Å². The third-order valence-corrected chi connectivity index (χ3v) is 5.00. The zero-order valence-electron chi connectivity index (χ0n) is 18.0. The average molecular weight is 418 g/mol. The van der Waals surface area contributed by atoms with Gasteiger partial charge < -0.3 is 14.1 Å². The van der Waals surface area contributed by atoms with Crippen LogP contribution in [0.5, 0.6) is 5.75 Å². The van der Waals surface area contributed by atoms with Crippen LogP contribution in [-0.4, -0.2) is 46.7 Å². The summed E-state index contributed by atoms with van der Waals surface area (Å²) in [6.07, 6.45) is 4.33. The lowest BCUT2D eigenvalue weighted by atomic mass is 10.1. The van der Waals surface area contributed by atoms with Gasteiger partial charge in [0.15, 0.2) is 17.2 Å². The zero-order chi connectivity index (χ0) is 21.8. The standard InChI is InChI=1S/C24H26N4O3/c1-17-8-9-22-21(12-17)28(24(29)31-22)16-18-6-4-7-19(13-18)23-25-14-20(15-26-23)30-11-5-10-27(2)3/h4,6-9,12-15H,5,10-11,16H2,1-3H3. The summed E-state index contributed by atoms with van der Waals surface area (Å²) < 4.78 is 12.7. The Morgan fingerprint density at radius 3 is 2.68 bits per heavy atom. The number of benzene rings is 2. The molecule has 0 aliphatic rings. The predicted octanol–water partition coefficient (Wildman–Crippen LogP) is 3.74. The molecule has 7 nitrogen and oxygen atoms in total. The molecule has 0 aliphatic carbocycles. The number of aryl methyl sites for hydroxylation is 1. The van der Waals surface area contributed by atoms with E-state index in [2.05, 4.69) is 14.9 Å². The van der Waals surface area contributed by atoms with Gasteiger partial charge in [0, 0.05) is 12.1 Å². The van der Waals surface area contributed by atoms with Crippen LogP contribution in [0.4, 0.5) is 0 Å². The molecule has 0 radical (unpaired) electrons. The molecule has 0 unspecified atom stereocenters. The van der Waals surface area contributed by atoms with Crippen molar-refractivity contribution in [1.29, 1.82) is 0 Å². The smallest absolute Gasteiger partial charge is 0.420 e. The number of nitrogens with zero attached hydrogens (tertiary/aromatic N) is 4. The van der Waals surface area contributed by atoms with E-state index in [-0.39, 0.29) is 5.76 Å². The first kappa shape index (κ1) is 20.8. The molecule has 2 heterocycles. The van der Waals surface area contributed by atoms with Gasteiger partial charge in [0.2, 0.25) is 0 Å². The molecule has 4 aromatic rings. The van der Waals surface area contributed by atoms with Gasteiger partial charge in [0.05, 0.1) is 31.1 Å². The quantitative estimate of drug-likeness (QED) is 0.406. The number of aromatic nitrogens is 3. The van der Waals surface area contributed by atoms with Crippen molar-refractivity contribution in [3.8, 4) is 17.1 Å². The summed E-state index contributed by atoms with van der Waals surface area (Å²) in [6.45, 7) is 4.01. The van der Waals surface area contributed by atoms with E-state index in [1.54, 1.807) is 17.0 Å². The number of oxazole rings is 1. The molecule has 0 aliphatic heterocycles. The Labute approximate surface area is 180 Å². The molecule has 2 aromatic heterocycles. The summed E-state index contributed by atoms with van der Waals surface area (Å²) in [7, 11) is 4.08. The first-order valence-electron chi connectivity index (χ1n) is 10.3. The minimum absolute atomic E-state index is 0.363. The molecule has 0 fully saturated rings. The molecule has 2 aromatic carbocycles. The fraction of sp³-hybridized carbons (Fsp3) is 0.292. The van der Waals surface area contributed by atoms with Crippen molar-refractivity contribution in [2.45, 2.75) is 19.9 Å². The van der Waals surface area contributed by atoms with Gasteiger partial charge in [-0.2, -0.15) is 0 Å². The Hall–Kier alpha value is -3.45. The van der Waals surface area contributed by atoms with Crippen molar-refractivity contribution < 1.29 is 9.15 Å². The molecule has 0 amide bonds. The van der Waals surface area contributed by atoms with Gasteiger partial charge in [0.1, 0.15) is 0 Å². The van der Waals surface area contributed by atoms with Gasteiger partial charge >= 0.3 is 5.76 Å². The van der Waals surface area contributed by atoms with Gasteiger partial charge in [0.25, 0.3) is 0 Å². The SMILES string of the molecule is Cc1ccc2oc(=O)n(Cc3cccc(-c4ncc(OCCCN(C)C)cn4)c3)c2c1. The van der Waals surface area contributed by atoms with Crippen molar-refractivity contribution >= 4 is 11.1 Å². The monoisotopic (exact) mass is 418 g/mol. The second kappa shape index (κ2) is 9.14. The summed E-state index contributed by atoms with van der Waals surface area (Å²) in [5, 5.41) is 0. The van der Waals surface area contributed by atoms with Crippen molar-refractivity contribution in [3.63, 3.8) is 0 Å². The van der Waals surface area contributed by atoms with E-state index in [1.165, 1.54) is 0 Å². The number of ether oxygens (including phenoxy) is 1. The predicted molar refractivity (Wildman–Crippen MR) is 120 cm³/mol. The van der Waals surface area contributed by atoms with Gasteiger partial charge in [-0.05, 0) is 56.8 Å². The van der Waals surface area contributed by atoms with Gasteiger partial charge in [-0.15, -0.1) is 0 Å². The highest BCUT2D eigenvalue weighted by Gasteiger charge is 2.11. The topological polar surface area (TPSA) is 73.4 Å². The van der Waals surface area contributed by atoms with Crippen molar-refractivity contribution in [1.82, 2.24) is 19.4 Å². The first-order chi connectivity index (χ1) is 15.0. The summed E-state index contributed by atoms with van der Waals surface area (Å²) >= 11 is 0. The largest absolute Gasteiger partial charge is 0.490 e. The minimum Gasteiger partial charge on any atom is -0.490 e. The van der Waals surface area contributed by atoms with E-state index in [9.17, 15) is 4.79 Å². The molecule has 0 N–H and O–H groups in total. The van der Waals surface area contributed by atoms with Crippen LogP contribution in [0.1, 0.15) is 17.5 Å². The molecule has 4 rings (SSSR count). The molecular weight excluding hydrogens is 392 g/mol. The Morgan fingerprint density at radius 1 is 1.10 bits per heavy atom. The van der Waals surface area contributed by atoms with Crippen LogP contribution in [-0.2, 0) is 6.54 Å². The van der Waals surface area contributed by atoms with Crippen LogP contribution >= 0.6 is 0 Å². The second-order valence-corrected chi connectivity index (χ2v) is 7.87. The minimum atomic E-state index is -0.363. The third kappa shape index (κ3) is 5.00. The molecule has 0 atom stereocenters. The lowest BCUT2D eigenvalue weighted by Crippen LogP contribution is -2.15. The summed E-state index contributed by atoms with van der Waals surface area (Å²) in [4.78, 5) is 23.4. The van der Waals surface area contributed by atoms with Crippen molar-refractivity contribution in [3.05, 3.63) is 76.5 Å². The van der Waals surface area contributed by atoms with Crippen molar-refractivity contribution in [2.24, 2.45) is 0 Å². The van der Waals surface area contributed by atoms with E-state index in [4.69, 9.17) is 9.15 Å². The van der Waals surface area contributed by atoms with Crippen LogP contribution in [0, 0.1) is 6.92 Å². The maximum Gasteiger partial charge on any atom is 0.420 e. The van der Waals surface area contributed by atoms with E-state index in [0.717, 1.165) is 35.2 Å². The van der Waals surface area contributed by atoms with Crippen LogP contribution < -0.4 is 10.5 Å². The second-order valence-electron chi connectivity index (χ2n) is 7.87. The normalized spacial score (nSPS) is 11.4. The molecule has 0 saturated heterocycles. The number of fused-ring (bicyclic) bond motifs is 1. The summed E-state index contributed by atoms with van der Waals surface area (Å²) in [5.74, 6) is 0.909. The molecule has 0 bridgehead atoms. The molecular formula is C24H26N4O3. The van der Waals surface area contributed by atoms with E-state index in [1.807, 2.05) is 63.5 Å². The van der Waals surface area contributed by atoms with E-state index >= 15 is 0 Å². The molecule has 31 heavy (non-hydrogen) atoms. The summed E-state index contributed by atoms with van der Waals surface area (Å²) in [6, 6.07) is 13.6. The first-order valence-corrected chi connectivity index (χ1v) is 10.3. The molecule has 7 heteroatoms. The highest BCUT2D eigenvalue weighted by atomic mass is 16.5. The van der Waals surface area contributed by atoms with Gasteiger partial charge in [-0.25, -0.2) is 14.8 Å². The fourth-order valence-electron chi connectivity index (χ4n) is 3.42. The highest BCUT2D eigenvalue weighted by Crippen LogP contribution is 2.20. The van der Waals surface area contributed by atoms with Gasteiger partial charge in [-0.3, -0.25) is 4.57 Å². The number of hydrogen-bond donors (Lipinski definition) is 0. The van der Waals surface area contributed by atoms with Crippen LogP contribution in [0.2, 0.25) is 0 Å². The maximum atomic E-state index is 12.3. The Balaban J connectivity index is 1.50. The third-order valence-electron chi connectivity index (χ3n) is 5.00. The highest BCUT2D eigenvalue weighted by molar-refractivity contribution is 5.73. The lowest BCUT2D eigenvalue weighted by molar-refractivity contribution is 0.280. The molecule has 0 spiro atoms. The van der Waals surface area contributed by atoms with Gasteiger partial charge in [-0.1, -0.05) is 24.3 Å². The fourth-order valence-corrected chi connectivity index (χ4v) is 3.42. The van der Waals surface area contributed by atoms with E-state index in [0.29, 0.717) is 30.3 Å².